The van der Waals surface area contributed by atoms with Crippen molar-refractivity contribution in [1.29, 1.82) is 5.26 Å². The van der Waals surface area contributed by atoms with Crippen molar-refractivity contribution < 1.29 is 14.3 Å². The minimum Gasteiger partial charge on any atom is -0.469 e. The van der Waals surface area contributed by atoms with Gasteiger partial charge in [0.25, 0.3) is 0 Å². The zero-order chi connectivity index (χ0) is 25.7. The Morgan fingerprint density at radius 2 is 2.06 bits per heavy atom. The second kappa shape index (κ2) is 10.8. The highest BCUT2D eigenvalue weighted by atomic mass is 28.3. The van der Waals surface area contributed by atoms with Crippen molar-refractivity contribution in [3.8, 4) is 17.3 Å². The van der Waals surface area contributed by atoms with Crippen LogP contribution < -0.4 is 0 Å². The standard InChI is InChI=1S/C26H30N6O3Si/c1-34-24(33)13-23(20-7-5-6-19(12-20)14-27)32-16-21(15-30-32)25-22-8-9-31(26(22)29-17-28-25)18-35-10-11-36(2,3)4/h5-9,12,15-17,23H,10-11,13,18H2,1-4H3. The lowest BCUT2D eigenvalue weighted by Gasteiger charge is -2.17. The monoisotopic (exact) mass is 502 g/mol. The minimum absolute atomic E-state index is 0.0802. The summed E-state index contributed by atoms with van der Waals surface area (Å²) in [6, 6.07) is 12.0. The molecule has 1 atom stereocenters. The SMILES string of the molecule is COC(=O)CC(c1cccc(C#N)c1)n1cc(-c2ncnc3c2ccn3COCC[Si](C)(C)C)cn1. The average Bonchev–Trinajstić information content (AvgIpc) is 3.52. The van der Waals surface area contributed by atoms with E-state index in [1.807, 2.05) is 29.1 Å². The lowest BCUT2D eigenvalue weighted by Crippen LogP contribution is -2.22. The van der Waals surface area contributed by atoms with E-state index >= 15 is 0 Å². The van der Waals surface area contributed by atoms with Gasteiger partial charge >= 0.3 is 5.97 Å². The number of hydrogen-bond acceptors (Lipinski definition) is 7. The fourth-order valence-electron chi connectivity index (χ4n) is 3.93. The van der Waals surface area contributed by atoms with Gasteiger partial charge in [-0.05, 0) is 29.8 Å². The van der Waals surface area contributed by atoms with Crippen LogP contribution in [0.25, 0.3) is 22.3 Å². The van der Waals surface area contributed by atoms with Crippen molar-refractivity contribution in [2.24, 2.45) is 0 Å². The Hall–Kier alpha value is -3.81. The van der Waals surface area contributed by atoms with Gasteiger partial charge in [-0.15, -0.1) is 0 Å². The van der Waals surface area contributed by atoms with Crippen molar-refractivity contribution in [3.05, 3.63) is 66.4 Å². The number of carbonyl (C=O) groups is 1. The third-order valence-electron chi connectivity index (χ3n) is 5.97. The van der Waals surface area contributed by atoms with Crippen LogP contribution in [0, 0.1) is 11.3 Å². The van der Waals surface area contributed by atoms with E-state index in [1.165, 1.54) is 13.4 Å². The Labute approximate surface area is 211 Å². The molecule has 0 aliphatic rings. The molecule has 9 nitrogen and oxygen atoms in total. The minimum atomic E-state index is -1.15. The molecule has 4 rings (SSSR count). The Bertz CT molecular complexity index is 1400. The normalized spacial score (nSPS) is 12.4. The molecule has 0 amide bonds. The first-order valence-corrected chi connectivity index (χ1v) is 15.5. The van der Waals surface area contributed by atoms with Crippen LogP contribution in [0.2, 0.25) is 25.7 Å². The molecule has 36 heavy (non-hydrogen) atoms. The van der Waals surface area contributed by atoms with Gasteiger partial charge in [0, 0.05) is 38.0 Å². The fraction of sp³-hybridized carbons (Fsp3) is 0.346. The number of benzene rings is 1. The van der Waals surface area contributed by atoms with Crippen LogP contribution in [0.1, 0.15) is 23.6 Å². The third kappa shape index (κ3) is 5.87. The molecule has 0 saturated heterocycles. The third-order valence-corrected chi connectivity index (χ3v) is 7.67. The Morgan fingerprint density at radius 3 is 2.81 bits per heavy atom. The van der Waals surface area contributed by atoms with Crippen LogP contribution in [0.5, 0.6) is 0 Å². The maximum absolute atomic E-state index is 12.2. The van der Waals surface area contributed by atoms with E-state index in [0.717, 1.165) is 40.5 Å². The number of rotatable bonds is 10. The Balaban J connectivity index is 1.61. The van der Waals surface area contributed by atoms with E-state index in [4.69, 9.17) is 9.47 Å². The van der Waals surface area contributed by atoms with Crippen LogP contribution in [0.3, 0.4) is 0 Å². The highest BCUT2D eigenvalue weighted by Gasteiger charge is 2.21. The molecule has 0 N–H and O–H groups in total. The summed E-state index contributed by atoms with van der Waals surface area (Å²) < 4.78 is 14.5. The number of esters is 1. The second-order valence-electron chi connectivity index (χ2n) is 9.84. The molecule has 0 fully saturated rings. The molecular weight excluding hydrogens is 472 g/mol. The molecule has 3 aromatic heterocycles. The van der Waals surface area contributed by atoms with Gasteiger partial charge in [-0.2, -0.15) is 10.4 Å². The largest absolute Gasteiger partial charge is 0.469 e. The Kier molecular flexibility index (Phi) is 7.62. The quantitative estimate of drug-likeness (QED) is 0.177. The first kappa shape index (κ1) is 25.3. The number of carbonyl (C=O) groups excluding carboxylic acids is 1. The van der Waals surface area contributed by atoms with E-state index in [9.17, 15) is 10.1 Å². The molecule has 0 aliphatic heterocycles. The molecule has 0 aliphatic carbocycles. The lowest BCUT2D eigenvalue weighted by molar-refractivity contribution is -0.141. The van der Waals surface area contributed by atoms with Crippen LogP contribution >= 0.6 is 0 Å². The number of nitriles is 1. The van der Waals surface area contributed by atoms with Crippen LogP contribution in [0.4, 0.5) is 0 Å². The summed E-state index contributed by atoms with van der Waals surface area (Å²) in [5.41, 5.74) is 3.64. The predicted octanol–water partition coefficient (Wildman–Crippen LogP) is 4.63. The second-order valence-corrected chi connectivity index (χ2v) is 15.5. The maximum atomic E-state index is 12.2. The fourth-order valence-corrected chi connectivity index (χ4v) is 4.69. The summed E-state index contributed by atoms with van der Waals surface area (Å²) in [5, 5.41) is 14.8. The molecule has 0 saturated carbocycles. The topological polar surface area (TPSA) is 108 Å². The highest BCUT2D eigenvalue weighted by Crippen LogP contribution is 2.29. The molecule has 0 bridgehead atoms. The molecule has 1 unspecified atom stereocenters. The number of fused-ring (bicyclic) bond motifs is 1. The van der Waals surface area contributed by atoms with Gasteiger partial charge in [-0.3, -0.25) is 9.48 Å². The van der Waals surface area contributed by atoms with Crippen LogP contribution in [-0.4, -0.2) is 52.1 Å². The van der Waals surface area contributed by atoms with Crippen LogP contribution in [-0.2, 0) is 21.0 Å². The predicted molar refractivity (Wildman–Crippen MR) is 139 cm³/mol. The Morgan fingerprint density at radius 1 is 1.22 bits per heavy atom. The van der Waals surface area contributed by atoms with Gasteiger partial charge in [0.2, 0.25) is 0 Å². The summed E-state index contributed by atoms with van der Waals surface area (Å²) in [5.74, 6) is -0.366. The van der Waals surface area contributed by atoms with E-state index in [-0.39, 0.29) is 12.4 Å². The zero-order valence-corrected chi connectivity index (χ0v) is 22.0. The van der Waals surface area contributed by atoms with Gasteiger partial charge in [0.15, 0.2) is 0 Å². The molecule has 186 valence electrons. The number of aromatic nitrogens is 5. The van der Waals surface area contributed by atoms with Gasteiger partial charge in [0.1, 0.15) is 18.7 Å². The molecular formula is C26H30N6O3Si. The van der Waals surface area contributed by atoms with Gasteiger partial charge in [-0.1, -0.05) is 31.8 Å². The summed E-state index contributed by atoms with van der Waals surface area (Å²) in [6.07, 6.45) is 7.15. The van der Waals surface area contributed by atoms with E-state index in [2.05, 4.69) is 40.8 Å². The van der Waals surface area contributed by atoms with Crippen molar-refractivity contribution in [2.45, 2.75) is 44.9 Å². The van der Waals surface area contributed by atoms with E-state index in [1.54, 1.807) is 29.1 Å². The summed E-state index contributed by atoms with van der Waals surface area (Å²) in [4.78, 5) is 21.2. The molecule has 3 heterocycles. The van der Waals surface area contributed by atoms with Gasteiger partial charge in [-0.25, -0.2) is 9.97 Å². The molecule has 10 heteroatoms. The first-order valence-electron chi connectivity index (χ1n) is 11.8. The number of ether oxygens (including phenoxy) is 2. The number of nitrogens with zero attached hydrogens (tertiary/aromatic N) is 6. The molecule has 0 spiro atoms. The molecule has 4 aromatic rings. The molecule has 1 aromatic carbocycles. The van der Waals surface area contributed by atoms with Crippen LogP contribution in [0.15, 0.2) is 55.2 Å². The van der Waals surface area contributed by atoms with Crippen molar-refractivity contribution in [1.82, 2.24) is 24.3 Å². The van der Waals surface area contributed by atoms with Crippen molar-refractivity contribution in [3.63, 3.8) is 0 Å². The summed E-state index contributed by atoms with van der Waals surface area (Å²) >= 11 is 0. The maximum Gasteiger partial charge on any atom is 0.308 e. The zero-order valence-electron chi connectivity index (χ0n) is 21.0. The molecule has 0 radical (unpaired) electrons. The number of methoxy groups -OCH3 is 1. The lowest BCUT2D eigenvalue weighted by atomic mass is 10.0. The van der Waals surface area contributed by atoms with Gasteiger partial charge in [0.05, 0.1) is 43.1 Å². The van der Waals surface area contributed by atoms with Crippen molar-refractivity contribution in [2.75, 3.05) is 13.7 Å². The first-order chi connectivity index (χ1) is 17.3. The smallest absolute Gasteiger partial charge is 0.308 e. The number of hydrogen-bond donors (Lipinski definition) is 0. The average molecular weight is 503 g/mol. The summed E-state index contributed by atoms with van der Waals surface area (Å²) in [7, 11) is 0.208. The van der Waals surface area contributed by atoms with E-state index in [0.29, 0.717) is 12.3 Å². The van der Waals surface area contributed by atoms with Crippen molar-refractivity contribution >= 4 is 25.1 Å². The van der Waals surface area contributed by atoms with E-state index < -0.39 is 14.1 Å². The summed E-state index contributed by atoms with van der Waals surface area (Å²) in [6.45, 7) is 8.15. The van der Waals surface area contributed by atoms with Gasteiger partial charge < -0.3 is 14.0 Å². The highest BCUT2D eigenvalue weighted by molar-refractivity contribution is 6.76.